The molecule has 2 N–H and O–H groups in total. The van der Waals surface area contributed by atoms with Crippen molar-refractivity contribution in [2.24, 2.45) is 0 Å². The summed E-state index contributed by atoms with van der Waals surface area (Å²) in [6, 6.07) is 19.8. The molecule has 0 spiro atoms. The number of rotatable bonds is 6. The van der Waals surface area contributed by atoms with Crippen molar-refractivity contribution in [3.8, 4) is 0 Å². The van der Waals surface area contributed by atoms with Gasteiger partial charge in [0.05, 0.1) is 0 Å². The summed E-state index contributed by atoms with van der Waals surface area (Å²) in [5.41, 5.74) is 2.24. The molecule has 0 atom stereocenters. The van der Waals surface area contributed by atoms with Crippen LogP contribution in [0.2, 0.25) is 5.02 Å². The first-order valence-corrected chi connectivity index (χ1v) is 8.23. The Morgan fingerprint density at radius 2 is 1.62 bits per heavy atom. The van der Waals surface area contributed by atoms with E-state index in [9.17, 15) is 0 Å². The third-order valence-electron chi connectivity index (χ3n) is 3.52. The van der Waals surface area contributed by atoms with Crippen molar-refractivity contribution >= 4 is 28.9 Å². The van der Waals surface area contributed by atoms with Crippen LogP contribution in [0.5, 0.6) is 0 Å². The number of para-hydroxylation sites is 1. The average molecular weight is 339 g/mol. The highest BCUT2D eigenvalue weighted by molar-refractivity contribution is 6.30. The summed E-state index contributed by atoms with van der Waals surface area (Å²) in [4.78, 5) is 8.87. The number of halogens is 1. The van der Waals surface area contributed by atoms with E-state index in [4.69, 9.17) is 11.6 Å². The van der Waals surface area contributed by atoms with Crippen molar-refractivity contribution in [2.45, 2.75) is 13.3 Å². The van der Waals surface area contributed by atoms with Crippen LogP contribution in [0, 0.1) is 6.92 Å². The second-order valence-electron chi connectivity index (χ2n) is 5.48. The van der Waals surface area contributed by atoms with Gasteiger partial charge in [0.25, 0.3) is 0 Å². The van der Waals surface area contributed by atoms with Crippen molar-refractivity contribution in [2.75, 3.05) is 17.2 Å². The van der Waals surface area contributed by atoms with Gasteiger partial charge in [0, 0.05) is 23.3 Å². The quantitative estimate of drug-likeness (QED) is 0.675. The van der Waals surface area contributed by atoms with Crippen molar-refractivity contribution in [3.63, 3.8) is 0 Å². The Kier molecular flexibility index (Phi) is 5.29. The fraction of sp³-hybridized carbons (Fsp3) is 0.158. The molecule has 0 amide bonds. The minimum absolute atomic E-state index is 0.727. The number of nitrogens with one attached hydrogen (secondary N) is 2. The van der Waals surface area contributed by atoms with Gasteiger partial charge in [-0.05, 0) is 43.2 Å². The third kappa shape index (κ3) is 4.70. The van der Waals surface area contributed by atoms with Gasteiger partial charge < -0.3 is 10.6 Å². The van der Waals surface area contributed by atoms with E-state index in [-0.39, 0.29) is 0 Å². The zero-order valence-corrected chi connectivity index (χ0v) is 14.2. The van der Waals surface area contributed by atoms with Gasteiger partial charge in [-0.3, -0.25) is 0 Å². The van der Waals surface area contributed by atoms with Gasteiger partial charge in [0.15, 0.2) is 0 Å². The fourth-order valence-corrected chi connectivity index (χ4v) is 2.50. The smallest absolute Gasteiger partial charge is 0.136 e. The van der Waals surface area contributed by atoms with Crippen molar-refractivity contribution < 1.29 is 0 Å². The summed E-state index contributed by atoms with van der Waals surface area (Å²) in [5.74, 6) is 2.32. The second-order valence-corrected chi connectivity index (χ2v) is 5.92. The Bertz CT molecular complexity index is 788. The lowest BCUT2D eigenvalue weighted by Gasteiger charge is -2.10. The van der Waals surface area contributed by atoms with Crippen molar-refractivity contribution in [3.05, 3.63) is 77.1 Å². The SMILES string of the molecule is Cc1nc(NCCc2ccc(Cl)cc2)cc(Nc2ccccc2)n1. The Morgan fingerprint density at radius 1 is 0.917 bits per heavy atom. The van der Waals surface area contributed by atoms with E-state index in [1.54, 1.807) is 0 Å². The van der Waals surface area contributed by atoms with Crippen LogP contribution >= 0.6 is 11.6 Å². The highest BCUT2D eigenvalue weighted by atomic mass is 35.5. The largest absolute Gasteiger partial charge is 0.370 e. The molecule has 24 heavy (non-hydrogen) atoms. The number of anilines is 3. The highest BCUT2D eigenvalue weighted by Crippen LogP contribution is 2.17. The molecule has 1 heterocycles. The zero-order chi connectivity index (χ0) is 16.8. The average Bonchev–Trinajstić information content (AvgIpc) is 2.57. The number of aryl methyl sites for hydroxylation is 1. The molecule has 1 aromatic heterocycles. The van der Waals surface area contributed by atoms with Crippen LogP contribution in [0.3, 0.4) is 0 Å². The standard InChI is InChI=1S/C19H19ClN4/c1-14-22-18(21-12-11-15-7-9-16(20)10-8-15)13-19(23-14)24-17-5-3-2-4-6-17/h2-10,13H,11-12H2,1H3,(H2,21,22,23,24). The summed E-state index contributed by atoms with van der Waals surface area (Å²) >= 11 is 5.90. The van der Waals surface area contributed by atoms with Crippen LogP contribution in [0.1, 0.15) is 11.4 Å². The normalized spacial score (nSPS) is 10.4. The summed E-state index contributed by atoms with van der Waals surface area (Å²) in [6.07, 6.45) is 0.904. The molecule has 122 valence electrons. The number of nitrogens with zero attached hydrogens (tertiary/aromatic N) is 2. The predicted octanol–water partition coefficient (Wildman–Crippen LogP) is 4.84. The fourth-order valence-electron chi connectivity index (χ4n) is 2.38. The number of benzene rings is 2. The summed E-state index contributed by atoms with van der Waals surface area (Å²) in [5, 5.41) is 7.40. The summed E-state index contributed by atoms with van der Waals surface area (Å²) < 4.78 is 0. The van der Waals surface area contributed by atoms with Gasteiger partial charge in [0.2, 0.25) is 0 Å². The van der Waals surface area contributed by atoms with E-state index in [0.717, 1.165) is 41.1 Å². The number of hydrogen-bond acceptors (Lipinski definition) is 4. The highest BCUT2D eigenvalue weighted by Gasteiger charge is 2.02. The first-order chi connectivity index (χ1) is 11.7. The Labute approximate surface area is 146 Å². The maximum atomic E-state index is 5.90. The van der Waals surface area contributed by atoms with Crippen molar-refractivity contribution in [1.29, 1.82) is 0 Å². The molecule has 0 unspecified atom stereocenters. The first-order valence-electron chi connectivity index (χ1n) is 7.85. The van der Waals surface area contributed by atoms with E-state index < -0.39 is 0 Å². The number of aromatic nitrogens is 2. The minimum atomic E-state index is 0.727. The molecule has 0 fully saturated rings. The molecule has 0 aliphatic carbocycles. The molecule has 0 saturated carbocycles. The van der Waals surface area contributed by atoms with Crippen LogP contribution in [0.4, 0.5) is 17.3 Å². The molecule has 3 aromatic rings. The van der Waals surface area contributed by atoms with Crippen LogP contribution in [-0.2, 0) is 6.42 Å². The van der Waals surface area contributed by atoms with Crippen LogP contribution < -0.4 is 10.6 Å². The summed E-state index contributed by atoms with van der Waals surface area (Å²) in [6.45, 7) is 2.68. The van der Waals surface area contributed by atoms with Gasteiger partial charge in [-0.2, -0.15) is 0 Å². The van der Waals surface area contributed by atoms with Crippen LogP contribution in [0.15, 0.2) is 60.7 Å². The Morgan fingerprint density at radius 3 is 2.38 bits per heavy atom. The third-order valence-corrected chi connectivity index (χ3v) is 3.77. The Hall–Kier alpha value is -2.59. The molecule has 0 aliphatic rings. The molecule has 0 aliphatic heterocycles. The van der Waals surface area contributed by atoms with E-state index in [2.05, 4.69) is 20.6 Å². The lowest BCUT2D eigenvalue weighted by molar-refractivity contribution is 0.983. The van der Waals surface area contributed by atoms with Gasteiger partial charge in [-0.25, -0.2) is 9.97 Å². The van der Waals surface area contributed by atoms with E-state index >= 15 is 0 Å². The molecule has 2 aromatic carbocycles. The molecule has 4 nitrogen and oxygen atoms in total. The lowest BCUT2D eigenvalue weighted by Crippen LogP contribution is -2.08. The monoisotopic (exact) mass is 338 g/mol. The topological polar surface area (TPSA) is 49.8 Å². The van der Waals surface area contributed by atoms with Crippen LogP contribution in [0.25, 0.3) is 0 Å². The van der Waals surface area contributed by atoms with Gasteiger partial charge >= 0.3 is 0 Å². The van der Waals surface area contributed by atoms with E-state index in [0.29, 0.717) is 0 Å². The maximum Gasteiger partial charge on any atom is 0.136 e. The van der Waals surface area contributed by atoms with Gasteiger partial charge in [0.1, 0.15) is 17.5 Å². The van der Waals surface area contributed by atoms with E-state index in [1.807, 2.05) is 67.6 Å². The Balaban J connectivity index is 1.62. The first kappa shape index (κ1) is 16.3. The molecular formula is C19H19ClN4. The second kappa shape index (κ2) is 7.79. The molecular weight excluding hydrogens is 320 g/mol. The van der Waals surface area contributed by atoms with Crippen LogP contribution in [-0.4, -0.2) is 16.5 Å². The lowest BCUT2D eigenvalue weighted by atomic mass is 10.1. The zero-order valence-electron chi connectivity index (χ0n) is 13.5. The summed E-state index contributed by atoms with van der Waals surface area (Å²) in [7, 11) is 0. The molecule has 0 saturated heterocycles. The number of hydrogen-bond donors (Lipinski definition) is 2. The maximum absolute atomic E-state index is 5.90. The van der Waals surface area contributed by atoms with Crippen molar-refractivity contribution in [1.82, 2.24) is 9.97 Å². The van der Waals surface area contributed by atoms with E-state index in [1.165, 1.54) is 5.56 Å². The van der Waals surface area contributed by atoms with Gasteiger partial charge in [-0.1, -0.05) is 41.9 Å². The molecule has 3 rings (SSSR count). The minimum Gasteiger partial charge on any atom is -0.370 e. The van der Waals surface area contributed by atoms with Gasteiger partial charge in [-0.15, -0.1) is 0 Å². The molecule has 0 bridgehead atoms. The predicted molar refractivity (Wildman–Crippen MR) is 100 cm³/mol. The molecule has 5 heteroatoms. The molecule has 0 radical (unpaired) electrons.